The summed E-state index contributed by atoms with van der Waals surface area (Å²) in [6.45, 7) is 4.05. The smallest absolute Gasteiger partial charge is 0.234 e. The standard InChI is InChI=1S/C24H37N3O/c1-4-5-6-8-19-9-12-22-18-20(10-13-21(22)17-19)11-14-23(24(25)28)26-15-7-16-27(2)3/h9-10,12-13,17-18,23,26H,4-8,11,14-16H2,1-3H3,(H2,25,28)/t23-/m0/s1. The van der Waals surface area contributed by atoms with Crippen molar-refractivity contribution in [2.45, 2.75) is 57.9 Å². The summed E-state index contributed by atoms with van der Waals surface area (Å²) in [6, 6.07) is 13.2. The maximum absolute atomic E-state index is 11.8. The Kier molecular flexibility index (Phi) is 9.45. The Bertz CT molecular complexity index is 742. The van der Waals surface area contributed by atoms with Crippen LogP contribution in [0.3, 0.4) is 0 Å². The van der Waals surface area contributed by atoms with Gasteiger partial charge in [0.05, 0.1) is 6.04 Å². The molecular formula is C24H37N3O. The highest BCUT2D eigenvalue weighted by atomic mass is 16.1. The summed E-state index contributed by atoms with van der Waals surface area (Å²) in [5, 5.41) is 5.88. The molecule has 28 heavy (non-hydrogen) atoms. The molecule has 0 aliphatic heterocycles. The number of amides is 1. The Morgan fingerprint density at radius 1 is 1.00 bits per heavy atom. The van der Waals surface area contributed by atoms with Crippen LogP contribution in [0, 0.1) is 0 Å². The van der Waals surface area contributed by atoms with Gasteiger partial charge < -0.3 is 16.0 Å². The second kappa shape index (κ2) is 11.8. The monoisotopic (exact) mass is 383 g/mol. The first-order chi connectivity index (χ1) is 13.5. The number of carbonyl (C=O) groups is 1. The predicted molar refractivity (Wildman–Crippen MR) is 120 cm³/mol. The Hall–Kier alpha value is -1.91. The highest BCUT2D eigenvalue weighted by molar-refractivity contribution is 5.84. The van der Waals surface area contributed by atoms with Crippen LogP contribution in [0.5, 0.6) is 0 Å². The lowest BCUT2D eigenvalue weighted by molar-refractivity contribution is -0.120. The Morgan fingerprint density at radius 3 is 2.21 bits per heavy atom. The normalized spacial score (nSPS) is 12.6. The average molecular weight is 384 g/mol. The van der Waals surface area contributed by atoms with E-state index >= 15 is 0 Å². The number of hydrogen-bond donors (Lipinski definition) is 2. The zero-order chi connectivity index (χ0) is 20.4. The summed E-state index contributed by atoms with van der Waals surface area (Å²) >= 11 is 0. The van der Waals surface area contributed by atoms with Crippen LogP contribution in [-0.4, -0.2) is 44.0 Å². The molecule has 0 unspecified atom stereocenters. The van der Waals surface area contributed by atoms with E-state index in [1.54, 1.807) is 0 Å². The average Bonchev–Trinajstić information content (AvgIpc) is 2.67. The van der Waals surface area contributed by atoms with Crippen molar-refractivity contribution in [3.8, 4) is 0 Å². The van der Waals surface area contributed by atoms with Crippen molar-refractivity contribution < 1.29 is 4.79 Å². The van der Waals surface area contributed by atoms with Crippen molar-refractivity contribution in [2.24, 2.45) is 5.73 Å². The minimum Gasteiger partial charge on any atom is -0.368 e. The Balaban J connectivity index is 1.91. The molecule has 2 rings (SSSR count). The molecule has 0 bridgehead atoms. The first-order valence-corrected chi connectivity index (χ1v) is 10.7. The first-order valence-electron chi connectivity index (χ1n) is 10.7. The quantitative estimate of drug-likeness (QED) is 0.516. The molecule has 1 amide bonds. The van der Waals surface area contributed by atoms with Gasteiger partial charge in [-0.05, 0) is 81.2 Å². The van der Waals surface area contributed by atoms with Gasteiger partial charge in [0.1, 0.15) is 0 Å². The molecule has 154 valence electrons. The maximum Gasteiger partial charge on any atom is 0.234 e. The number of primary amides is 1. The van der Waals surface area contributed by atoms with E-state index in [0.29, 0.717) is 0 Å². The zero-order valence-electron chi connectivity index (χ0n) is 17.8. The molecule has 0 saturated carbocycles. The van der Waals surface area contributed by atoms with Gasteiger partial charge in [0.2, 0.25) is 5.91 Å². The maximum atomic E-state index is 11.8. The van der Waals surface area contributed by atoms with Gasteiger partial charge in [-0.15, -0.1) is 0 Å². The Morgan fingerprint density at radius 2 is 1.64 bits per heavy atom. The van der Waals surface area contributed by atoms with Crippen LogP contribution in [0.25, 0.3) is 10.8 Å². The van der Waals surface area contributed by atoms with E-state index in [1.165, 1.54) is 41.2 Å². The largest absolute Gasteiger partial charge is 0.368 e. The number of aryl methyl sites for hydroxylation is 2. The van der Waals surface area contributed by atoms with E-state index in [4.69, 9.17) is 5.73 Å². The first kappa shape index (κ1) is 22.4. The van der Waals surface area contributed by atoms with Gasteiger partial charge in [-0.3, -0.25) is 4.79 Å². The van der Waals surface area contributed by atoms with Crippen LogP contribution >= 0.6 is 0 Å². The van der Waals surface area contributed by atoms with Gasteiger partial charge in [0.15, 0.2) is 0 Å². The lowest BCUT2D eigenvalue weighted by Gasteiger charge is -2.16. The molecule has 4 heteroatoms. The summed E-state index contributed by atoms with van der Waals surface area (Å²) in [4.78, 5) is 13.9. The van der Waals surface area contributed by atoms with Crippen LogP contribution < -0.4 is 11.1 Å². The molecule has 0 fully saturated rings. The van der Waals surface area contributed by atoms with E-state index in [-0.39, 0.29) is 11.9 Å². The topological polar surface area (TPSA) is 58.4 Å². The summed E-state index contributed by atoms with van der Waals surface area (Å²) in [7, 11) is 4.11. The molecule has 0 heterocycles. The lowest BCUT2D eigenvalue weighted by Crippen LogP contribution is -2.42. The van der Waals surface area contributed by atoms with Gasteiger partial charge in [-0.2, -0.15) is 0 Å². The van der Waals surface area contributed by atoms with E-state index in [0.717, 1.165) is 38.8 Å². The number of hydrogen-bond acceptors (Lipinski definition) is 3. The van der Waals surface area contributed by atoms with Gasteiger partial charge >= 0.3 is 0 Å². The van der Waals surface area contributed by atoms with E-state index in [1.807, 2.05) is 0 Å². The SMILES string of the molecule is CCCCCc1ccc2cc(CC[C@H](NCCCN(C)C)C(N)=O)ccc2c1. The van der Waals surface area contributed by atoms with Crippen molar-refractivity contribution in [1.82, 2.24) is 10.2 Å². The molecule has 0 aliphatic rings. The van der Waals surface area contributed by atoms with Crippen LogP contribution in [0.15, 0.2) is 36.4 Å². The lowest BCUT2D eigenvalue weighted by atomic mass is 9.98. The van der Waals surface area contributed by atoms with Gasteiger partial charge in [0, 0.05) is 0 Å². The van der Waals surface area contributed by atoms with Crippen LogP contribution in [0.1, 0.15) is 50.2 Å². The summed E-state index contributed by atoms with van der Waals surface area (Å²) in [5.74, 6) is -0.262. The minimum absolute atomic E-state index is 0.262. The van der Waals surface area contributed by atoms with Crippen molar-refractivity contribution in [1.29, 1.82) is 0 Å². The highest BCUT2D eigenvalue weighted by Crippen LogP contribution is 2.20. The van der Waals surface area contributed by atoms with Crippen molar-refractivity contribution in [3.05, 3.63) is 47.5 Å². The van der Waals surface area contributed by atoms with Crippen LogP contribution in [0.4, 0.5) is 0 Å². The molecule has 0 aromatic heterocycles. The molecule has 2 aromatic rings. The van der Waals surface area contributed by atoms with Crippen molar-refractivity contribution in [3.63, 3.8) is 0 Å². The number of nitrogens with one attached hydrogen (secondary N) is 1. The predicted octanol–water partition coefficient (Wildman–Crippen LogP) is 3.90. The third-order valence-electron chi connectivity index (χ3n) is 5.28. The molecule has 0 spiro atoms. The summed E-state index contributed by atoms with van der Waals surface area (Å²) in [6.07, 6.45) is 7.56. The third-order valence-corrected chi connectivity index (χ3v) is 5.28. The fourth-order valence-corrected chi connectivity index (χ4v) is 3.56. The number of unbranched alkanes of at least 4 members (excludes halogenated alkanes) is 2. The van der Waals surface area contributed by atoms with Crippen molar-refractivity contribution in [2.75, 3.05) is 27.2 Å². The second-order valence-corrected chi connectivity index (χ2v) is 8.08. The van der Waals surface area contributed by atoms with Crippen LogP contribution in [-0.2, 0) is 17.6 Å². The molecule has 3 N–H and O–H groups in total. The van der Waals surface area contributed by atoms with Gasteiger partial charge in [-0.1, -0.05) is 56.2 Å². The van der Waals surface area contributed by atoms with E-state index < -0.39 is 0 Å². The fraction of sp³-hybridized carbons (Fsp3) is 0.542. The number of nitrogens with two attached hydrogens (primary N) is 1. The number of carbonyl (C=O) groups excluding carboxylic acids is 1. The molecule has 1 atom stereocenters. The van der Waals surface area contributed by atoms with Gasteiger partial charge in [0.25, 0.3) is 0 Å². The summed E-state index contributed by atoms with van der Waals surface area (Å²) in [5.41, 5.74) is 8.27. The fourth-order valence-electron chi connectivity index (χ4n) is 3.56. The summed E-state index contributed by atoms with van der Waals surface area (Å²) < 4.78 is 0. The number of fused-ring (bicyclic) bond motifs is 1. The molecule has 4 nitrogen and oxygen atoms in total. The van der Waals surface area contributed by atoms with Crippen molar-refractivity contribution >= 4 is 16.7 Å². The molecule has 2 aromatic carbocycles. The molecular weight excluding hydrogens is 346 g/mol. The molecule has 0 radical (unpaired) electrons. The Labute approximate surface area is 170 Å². The second-order valence-electron chi connectivity index (χ2n) is 8.08. The minimum atomic E-state index is -0.265. The molecule has 0 aliphatic carbocycles. The van der Waals surface area contributed by atoms with E-state index in [9.17, 15) is 4.79 Å². The number of rotatable bonds is 13. The number of benzene rings is 2. The highest BCUT2D eigenvalue weighted by Gasteiger charge is 2.14. The molecule has 0 saturated heterocycles. The van der Waals surface area contributed by atoms with Crippen LogP contribution in [0.2, 0.25) is 0 Å². The van der Waals surface area contributed by atoms with Gasteiger partial charge in [-0.25, -0.2) is 0 Å². The zero-order valence-corrected chi connectivity index (χ0v) is 17.8. The van der Waals surface area contributed by atoms with E-state index in [2.05, 4.69) is 67.6 Å². The number of nitrogens with zero attached hydrogens (tertiary/aromatic N) is 1. The third kappa shape index (κ3) is 7.61.